The van der Waals surface area contributed by atoms with Crippen LogP contribution in [-0.4, -0.2) is 43.1 Å². The summed E-state index contributed by atoms with van der Waals surface area (Å²) >= 11 is 1.63. The van der Waals surface area contributed by atoms with Crippen molar-refractivity contribution in [1.82, 2.24) is 30.0 Å². The third kappa shape index (κ3) is 3.76. The number of likely N-dealkylation sites (tertiary alicyclic amines) is 1. The summed E-state index contributed by atoms with van der Waals surface area (Å²) in [4.78, 5) is 17.2. The maximum Gasteiger partial charge on any atom is 0.188 e. The van der Waals surface area contributed by atoms with E-state index in [1.54, 1.807) is 23.7 Å². The van der Waals surface area contributed by atoms with Gasteiger partial charge in [0, 0.05) is 53.7 Å². The Morgan fingerprint density at radius 1 is 1.23 bits per heavy atom. The van der Waals surface area contributed by atoms with Crippen LogP contribution >= 0.6 is 11.3 Å². The van der Waals surface area contributed by atoms with Gasteiger partial charge in [0.1, 0.15) is 0 Å². The summed E-state index contributed by atoms with van der Waals surface area (Å²) in [6.45, 7) is 7.14. The van der Waals surface area contributed by atoms with Crippen molar-refractivity contribution in [2.24, 2.45) is 0 Å². The summed E-state index contributed by atoms with van der Waals surface area (Å²) in [6, 6.07) is 0. The first-order chi connectivity index (χ1) is 12.7. The number of thiazole rings is 1. The zero-order valence-electron chi connectivity index (χ0n) is 15.1. The highest BCUT2D eigenvalue weighted by Gasteiger charge is 2.25. The van der Waals surface area contributed by atoms with Gasteiger partial charge in [-0.1, -0.05) is 0 Å². The van der Waals surface area contributed by atoms with Crippen LogP contribution in [0, 0.1) is 13.8 Å². The average Bonchev–Trinajstić information content (AvgIpc) is 3.24. The van der Waals surface area contributed by atoms with Crippen molar-refractivity contribution in [2.45, 2.75) is 39.2 Å². The molecule has 2 N–H and O–H groups in total. The fourth-order valence-corrected chi connectivity index (χ4v) is 4.12. The van der Waals surface area contributed by atoms with Crippen LogP contribution in [0.3, 0.4) is 0 Å². The number of rotatable bonds is 5. The van der Waals surface area contributed by atoms with Gasteiger partial charge in [0.2, 0.25) is 0 Å². The molecule has 4 rings (SSSR count). The molecular weight excluding hydrogens is 346 g/mol. The van der Waals surface area contributed by atoms with Crippen LogP contribution in [0.4, 0.5) is 10.9 Å². The van der Waals surface area contributed by atoms with Crippen LogP contribution in [0.25, 0.3) is 0 Å². The van der Waals surface area contributed by atoms with E-state index in [1.165, 1.54) is 10.4 Å². The van der Waals surface area contributed by atoms with Crippen molar-refractivity contribution in [3.63, 3.8) is 0 Å². The molecule has 0 spiro atoms. The summed E-state index contributed by atoms with van der Waals surface area (Å²) in [5.74, 6) is 1.20. The number of aromatic nitrogens is 5. The number of H-pyrrole nitrogens is 1. The summed E-state index contributed by atoms with van der Waals surface area (Å²) in [6.07, 6.45) is 9.62. The van der Waals surface area contributed by atoms with E-state index in [-0.39, 0.29) is 0 Å². The molecule has 3 aromatic heterocycles. The van der Waals surface area contributed by atoms with E-state index in [1.807, 2.05) is 12.4 Å². The lowest BCUT2D eigenvalue weighted by molar-refractivity contribution is 0.198. The van der Waals surface area contributed by atoms with E-state index in [0.29, 0.717) is 5.92 Å². The first-order valence-electron chi connectivity index (χ1n) is 8.90. The van der Waals surface area contributed by atoms with E-state index in [9.17, 15) is 0 Å². The second-order valence-corrected chi connectivity index (χ2v) is 8.02. The minimum atomic E-state index is 0.369. The molecule has 1 atom stereocenters. The average molecular weight is 369 g/mol. The van der Waals surface area contributed by atoms with Gasteiger partial charge >= 0.3 is 0 Å². The molecule has 4 heterocycles. The van der Waals surface area contributed by atoms with Crippen LogP contribution in [0.1, 0.15) is 40.6 Å². The Hall–Kier alpha value is -2.32. The smallest absolute Gasteiger partial charge is 0.188 e. The van der Waals surface area contributed by atoms with Crippen molar-refractivity contribution >= 4 is 22.3 Å². The molecule has 0 bridgehead atoms. The highest BCUT2D eigenvalue weighted by Crippen LogP contribution is 2.32. The molecule has 1 fully saturated rings. The predicted octanol–water partition coefficient (Wildman–Crippen LogP) is 3.40. The van der Waals surface area contributed by atoms with E-state index < -0.39 is 0 Å². The number of hydrogen-bond donors (Lipinski definition) is 2. The van der Waals surface area contributed by atoms with Gasteiger partial charge in [-0.05, 0) is 33.2 Å². The van der Waals surface area contributed by atoms with Crippen molar-refractivity contribution in [2.75, 3.05) is 18.4 Å². The van der Waals surface area contributed by atoms with Crippen molar-refractivity contribution in [3.8, 4) is 0 Å². The molecule has 0 aromatic carbocycles. The lowest BCUT2D eigenvalue weighted by Crippen LogP contribution is -2.34. The minimum absolute atomic E-state index is 0.369. The third-order valence-corrected chi connectivity index (χ3v) is 5.62. The topological polar surface area (TPSA) is 82.6 Å². The van der Waals surface area contributed by atoms with Gasteiger partial charge in [-0.25, -0.2) is 9.97 Å². The second kappa shape index (κ2) is 7.51. The Morgan fingerprint density at radius 3 is 2.88 bits per heavy atom. The number of nitrogens with zero attached hydrogens (tertiary/aromatic N) is 5. The van der Waals surface area contributed by atoms with E-state index >= 15 is 0 Å². The standard InChI is InChI=1S/C18H23N7S/c1-12-8-21-18(26-12)23-17-16(19-5-6-20-17)14-4-3-7-25(10-14)11-15-9-22-24-13(15)2/h5-6,8-9,14H,3-4,7,10-11H2,1-2H3,(H,22,24)(H,20,21,23)/t14-/m0/s1. The molecule has 0 unspecified atom stereocenters. The van der Waals surface area contributed by atoms with Crippen LogP contribution in [0.15, 0.2) is 24.8 Å². The first-order valence-corrected chi connectivity index (χ1v) is 9.72. The zero-order chi connectivity index (χ0) is 17.9. The van der Waals surface area contributed by atoms with Crippen molar-refractivity contribution in [1.29, 1.82) is 0 Å². The highest BCUT2D eigenvalue weighted by atomic mass is 32.1. The largest absolute Gasteiger partial charge is 0.315 e. The zero-order valence-corrected chi connectivity index (χ0v) is 15.9. The predicted molar refractivity (Wildman–Crippen MR) is 103 cm³/mol. The molecule has 0 saturated carbocycles. The number of aromatic amines is 1. The molecule has 3 aromatic rings. The minimum Gasteiger partial charge on any atom is -0.315 e. The van der Waals surface area contributed by atoms with E-state index in [4.69, 9.17) is 0 Å². The number of piperidine rings is 1. The molecule has 7 nitrogen and oxygen atoms in total. The molecule has 0 amide bonds. The van der Waals surface area contributed by atoms with Gasteiger partial charge in [0.15, 0.2) is 10.9 Å². The van der Waals surface area contributed by atoms with Crippen LogP contribution in [0.2, 0.25) is 0 Å². The van der Waals surface area contributed by atoms with Gasteiger partial charge < -0.3 is 5.32 Å². The summed E-state index contributed by atoms with van der Waals surface area (Å²) < 4.78 is 0. The lowest BCUT2D eigenvalue weighted by atomic mass is 9.94. The highest BCUT2D eigenvalue weighted by molar-refractivity contribution is 7.15. The van der Waals surface area contributed by atoms with Crippen LogP contribution in [-0.2, 0) is 6.54 Å². The van der Waals surface area contributed by atoms with Crippen molar-refractivity contribution < 1.29 is 0 Å². The molecule has 26 heavy (non-hydrogen) atoms. The molecule has 8 heteroatoms. The molecule has 1 saturated heterocycles. The number of nitrogens with one attached hydrogen (secondary N) is 2. The molecular formula is C18H23N7S. The van der Waals surface area contributed by atoms with Crippen molar-refractivity contribution in [3.05, 3.63) is 46.6 Å². The summed E-state index contributed by atoms with van der Waals surface area (Å²) in [7, 11) is 0. The second-order valence-electron chi connectivity index (χ2n) is 6.79. The Bertz CT molecular complexity index is 872. The van der Waals surface area contributed by atoms with Gasteiger partial charge in [-0.3, -0.25) is 15.0 Å². The number of hydrogen-bond acceptors (Lipinski definition) is 7. The third-order valence-electron chi connectivity index (χ3n) is 4.79. The maximum atomic E-state index is 4.66. The quantitative estimate of drug-likeness (QED) is 0.717. The van der Waals surface area contributed by atoms with Crippen LogP contribution < -0.4 is 5.32 Å². The van der Waals surface area contributed by atoms with E-state index in [0.717, 1.165) is 54.8 Å². The molecule has 136 valence electrons. The lowest BCUT2D eigenvalue weighted by Gasteiger charge is -2.32. The first kappa shape index (κ1) is 17.1. The fourth-order valence-electron chi connectivity index (χ4n) is 3.46. The Morgan fingerprint density at radius 2 is 2.12 bits per heavy atom. The maximum absolute atomic E-state index is 4.66. The van der Waals surface area contributed by atoms with Gasteiger partial charge in [0.05, 0.1) is 11.9 Å². The fraction of sp³-hybridized carbons (Fsp3) is 0.444. The monoisotopic (exact) mass is 369 g/mol. The Kier molecular flexibility index (Phi) is 4.94. The van der Waals surface area contributed by atoms with Crippen LogP contribution in [0.5, 0.6) is 0 Å². The number of aryl methyl sites for hydroxylation is 2. The SMILES string of the molecule is Cc1cnc(Nc2nccnc2[C@H]2CCCN(Cc3cn[nH]c3C)C2)s1. The molecule has 1 aliphatic rings. The molecule has 1 aliphatic heterocycles. The van der Waals surface area contributed by atoms with Gasteiger partial charge in [-0.2, -0.15) is 5.10 Å². The Balaban J connectivity index is 1.50. The normalized spacial score (nSPS) is 18.2. The van der Waals surface area contributed by atoms with Gasteiger partial charge in [0.25, 0.3) is 0 Å². The number of anilines is 2. The molecule has 0 radical (unpaired) electrons. The van der Waals surface area contributed by atoms with E-state index in [2.05, 4.69) is 49.2 Å². The Labute approximate surface area is 156 Å². The van der Waals surface area contributed by atoms with Gasteiger partial charge in [-0.15, -0.1) is 11.3 Å². The summed E-state index contributed by atoms with van der Waals surface area (Å²) in [5, 5.41) is 11.4. The molecule has 0 aliphatic carbocycles. The summed E-state index contributed by atoms with van der Waals surface area (Å²) in [5.41, 5.74) is 3.45.